The van der Waals surface area contributed by atoms with Crippen molar-refractivity contribution in [1.82, 2.24) is 19.9 Å². The Morgan fingerprint density at radius 2 is 2.09 bits per heavy atom. The lowest BCUT2D eigenvalue weighted by atomic mass is 10.0. The van der Waals surface area contributed by atoms with Gasteiger partial charge in [-0.05, 0) is 38.0 Å². The second-order valence-corrected chi connectivity index (χ2v) is 6.92. The van der Waals surface area contributed by atoms with Crippen molar-refractivity contribution in [3.63, 3.8) is 0 Å². The van der Waals surface area contributed by atoms with Crippen LogP contribution in [0.15, 0.2) is 6.20 Å². The molecular formula is C16H24N4O3. The summed E-state index contributed by atoms with van der Waals surface area (Å²) in [5.41, 5.74) is 1.10. The monoisotopic (exact) mass is 320 g/mol. The van der Waals surface area contributed by atoms with E-state index in [-0.39, 0.29) is 12.1 Å². The van der Waals surface area contributed by atoms with Gasteiger partial charge in [0.2, 0.25) is 0 Å². The molecule has 0 radical (unpaired) electrons. The maximum atomic E-state index is 12.2. The molecule has 1 amide bonds. The number of likely N-dealkylation sites (tertiary alicyclic amines) is 1. The molecular weight excluding hydrogens is 296 g/mol. The maximum Gasteiger partial charge on any atom is 0.409 e. The van der Waals surface area contributed by atoms with E-state index in [9.17, 15) is 4.79 Å². The molecule has 0 bridgehead atoms. The van der Waals surface area contributed by atoms with E-state index < -0.39 is 0 Å². The van der Waals surface area contributed by atoms with Gasteiger partial charge < -0.3 is 14.4 Å². The Hall–Kier alpha value is -1.63. The van der Waals surface area contributed by atoms with E-state index in [2.05, 4.69) is 16.5 Å². The first kappa shape index (κ1) is 14.9. The van der Waals surface area contributed by atoms with Crippen LogP contribution < -0.4 is 0 Å². The van der Waals surface area contributed by atoms with E-state index in [1.165, 1.54) is 12.8 Å². The minimum Gasteiger partial charge on any atom is -0.449 e. The molecule has 0 spiro atoms. The molecule has 7 heteroatoms. The van der Waals surface area contributed by atoms with E-state index in [4.69, 9.17) is 9.47 Å². The topological polar surface area (TPSA) is 69.5 Å². The van der Waals surface area contributed by atoms with Gasteiger partial charge in [0.1, 0.15) is 0 Å². The molecule has 2 saturated heterocycles. The van der Waals surface area contributed by atoms with Gasteiger partial charge >= 0.3 is 6.09 Å². The van der Waals surface area contributed by atoms with Crippen molar-refractivity contribution in [2.24, 2.45) is 5.92 Å². The summed E-state index contributed by atoms with van der Waals surface area (Å²) < 4.78 is 12.7. The van der Waals surface area contributed by atoms with Gasteiger partial charge in [0.25, 0.3) is 0 Å². The summed E-state index contributed by atoms with van der Waals surface area (Å²) in [6, 6.07) is 0.227. The van der Waals surface area contributed by atoms with Crippen LogP contribution in [0, 0.1) is 5.92 Å². The average Bonchev–Trinajstić information content (AvgIpc) is 3.12. The van der Waals surface area contributed by atoms with Crippen molar-refractivity contribution in [3.05, 3.63) is 11.9 Å². The van der Waals surface area contributed by atoms with Gasteiger partial charge in [-0.1, -0.05) is 5.21 Å². The third-order valence-corrected chi connectivity index (χ3v) is 5.10. The van der Waals surface area contributed by atoms with Crippen LogP contribution in [0.1, 0.15) is 49.8 Å². The highest BCUT2D eigenvalue weighted by Gasteiger charge is 2.32. The fourth-order valence-corrected chi connectivity index (χ4v) is 3.35. The third kappa shape index (κ3) is 3.49. The molecule has 1 saturated carbocycles. The van der Waals surface area contributed by atoms with Gasteiger partial charge in [0.15, 0.2) is 0 Å². The van der Waals surface area contributed by atoms with Gasteiger partial charge in [-0.25, -0.2) is 9.48 Å². The summed E-state index contributed by atoms with van der Waals surface area (Å²) in [6.45, 7) is 3.47. The highest BCUT2D eigenvalue weighted by atomic mass is 16.6. The average molecular weight is 320 g/mol. The van der Waals surface area contributed by atoms with E-state index in [0.29, 0.717) is 25.0 Å². The van der Waals surface area contributed by atoms with E-state index in [0.717, 1.165) is 44.7 Å². The smallest absolute Gasteiger partial charge is 0.409 e. The summed E-state index contributed by atoms with van der Waals surface area (Å²) in [4.78, 5) is 14.0. The van der Waals surface area contributed by atoms with Crippen molar-refractivity contribution in [2.75, 3.05) is 32.9 Å². The Balaban J connectivity index is 1.26. The molecule has 4 rings (SSSR count). The molecule has 7 nitrogen and oxygen atoms in total. The molecule has 2 aliphatic heterocycles. The lowest BCUT2D eigenvalue weighted by molar-refractivity contribution is 0.0308. The highest BCUT2D eigenvalue weighted by Crippen LogP contribution is 2.39. The summed E-state index contributed by atoms with van der Waals surface area (Å²) in [6.07, 6.45) is 7.21. The lowest BCUT2D eigenvalue weighted by Crippen LogP contribution is -2.32. The Bertz CT molecular complexity index is 551. The minimum atomic E-state index is -0.193. The summed E-state index contributed by atoms with van der Waals surface area (Å²) in [7, 11) is 0. The fourth-order valence-electron chi connectivity index (χ4n) is 3.35. The molecule has 1 aliphatic carbocycles. The minimum absolute atomic E-state index is 0.193. The van der Waals surface area contributed by atoms with E-state index >= 15 is 0 Å². The Labute approximate surface area is 135 Å². The molecule has 0 N–H and O–H groups in total. The molecule has 3 fully saturated rings. The second-order valence-electron chi connectivity index (χ2n) is 6.92. The van der Waals surface area contributed by atoms with Crippen molar-refractivity contribution in [2.45, 2.75) is 44.1 Å². The number of hydrogen-bond acceptors (Lipinski definition) is 5. The number of hydrogen-bond donors (Lipinski definition) is 0. The number of rotatable bonds is 4. The number of aromatic nitrogens is 3. The first-order chi connectivity index (χ1) is 11.3. The predicted molar refractivity (Wildman–Crippen MR) is 82.1 cm³/mol. The molecule has 3 heterocycles. The first-order valence-electron chi connectivity index (χ1n) is 8.71. The normalized spacial score (nSPS) is 25.7. The van der Waals surface area contributed by atoms with Crippen molar-refractivity contribution in [1.29, 1.82) is 0 Å². The standard InChI is InChI=1S/C16H24N4O3/c21-16(23-11-12-4-7-22-8-5-12)19-6-3-14(9-19)20-10-15(17-18-20)13-1-2-13/h10,12-14H,1-9,11H2. The summed E-state index contributed by atoms with van der Waals surface area (Å²) in [5, 5.41) is 8.50. The van der Waals surface area contributed by atoms with Crippen LogP contribution in [-0.4, -0.2) is 58.9 Å². The Morgan fingerprint density at radius 3 is 2.87 bits per heavy atom. The molecule has 3 aliphatic rings. The molecule has 1 aromatic rings. The molecule has 126 valence electrons. The zero-order chi connectivity index (χ0) is 15.6. The van der Waals surface area contributed by atoms with Crippen LogP contribution in [0.25, 0.3) is 0 Å². The van der Waals surface area contributed by atoms with Gasteiger partial charge in [0, 0.05) is 38.4 Å². The zero-order valence-corrected chi connectivity index (χ0v) is 13.4. The highest BCUT2D eigenvalue weighted by molar-refractivity contribution is 5.68. The van der Waals surface area contributed by atoms with Crippen LogP contribution >= 0.6 is 0 Å². The van der Waals surface area contributed by atoms with E-state index in [1.807, 2.05) is 4.68 Å². The molecule has 0 aromatic carbocycles. The maximum absolute atomic E-state index is 12.2. The van der Waals surface area contributed by atoms with Crippen molar-refractivity contribution < 1.29 is 14.3 Å². The van der Waals surface area contributed by atoms with Gasteiger partial charge in [-0.3, -0.25) is 0 Å². The van der Waals surface area contributed by atoms with Gasteiger partial charge in [-0.15, -0.1) is 5.10 Å². The van der Waals surface area contributed by atoms with Gasteiger partial charge in [0.05, 0.1) is 18.3 Å². The number of ether oxygens (including phenoxy) is 2. The van der Waals surface area contributed by atoms with Crippen molar-refractivity contribution in [3.8, 4) is 0 Å². The first-order valence-corrected chi connectivity index (χ1v) is 8.71. The van der Waals surface area contributed by atoms with Crippen LogP contribution in [0.2, 0.25) is 0 Å². The second kappa shape index (κ2) is 6.47. The summed E-state index contributed by atoms with van der Waals surface area (Å²) in [5.74, 6) is 1.06. The molecule has 1 unspecified atom stereocenters. The van der Waals surface area contributed by atoms with E-state index in [1.54, 1.807) is 4.90 Å². The van der Waals surface area contributed by atoms with Crippen LogP contribution in [-0.2, 0) is 9.47 Å². The largest absolute Gasteiger partial charge is 0.449 e. The zero-order valence-electron chi connectivity index (χ0n) is 13.4. The predicted octanol–water partition coefficient (Wildman–Crippen LogP) is 1.97. The molecule has 1 atom stereocenters. The fraction of sp³-hybridized carbons (Fsp3) is 0.812. The quantitative estimate of drug-likeness (QED) is 0.848. The third-order valence-electron chi connectivity index (χ3n) is 5.10. The van der Waals surface area contributed by atoms with Crippen LogP contribution in [0.5, 0.6) is 0 Å². The Morgan fingerprint density at radius 1 is 1.26 bits per heavy atom. The van der Waals surface area contributed by atoms with Crippen LogP contribution in [0.3, 0.4) is 0 Å². The number of carbonyl (C=O) groups excluding carboxylic acids is 1. The SMILES string of the molecule is O=C(OCC1CCOCC1)N1CCC(n2cc(C3CC3)nn2)C1. The number of amides is 1. The molecule has 1 aromatic heterocycles. The molecule has 23 heavy (non-hydrogen) atoms. The Kier molecular flexibility index (Phi) is 4.20. The lowest BCUT2D eigenvalue weighted by Gasteiger charge is -2.23. The number of nitrogens with zero attached hydrogens (tertiary/aromatic N) is 4. The number of carbonyl (C=O) groups is 1. The summed E-state index contributed by atoms with van der Waals surface area (Å²) >= 11 is 0. The van der Waals surface area contributed by atoms with Gasteiger partial charge in [-0.2, -0.15) is 0 Å². The van der Waals surface area contributed by atoms with Crippen molar-refractivity contribution >= 4 is 6.09 Å². The van der Waals surface area contributed by atoms with Crippen LogP contribution in [0.4, 0.5) is 4.79 Å².